The Balaban J connectivity index is 1.97. The smallest absolute Gasteiger partial charge is 0.262 e. The molecule has 0 aliphatic rings. The molecule has 110 valence electrons. The standard InChI is InChI=1S/C17H20N2O2/c1-11-7-8-16(12(2)9-11)21-10-17(20)19-15-6-4-5-14(18)13(15)3/h4-9H,10,18H2,1-3H3,(H,19,20). The predicted octanol–water partition coefficient (Wildman–Crippen LogP) is 3.21. The summed E-state index contributed by atoms with van der Waals surface area (Å²) >= 11 is 0. The summed E-state index contributed by atoms with van der Waals surface area (Å²) in [7, 11) is 0. The Bertz CT molecular complexity index is 666. The van der Waals surface area contributed by atoms with Gasteiger partial charge >= 0.3 is 0 Å². The summed E-state index contributed by atoms with van der Waals surface area (Å²) in [5.74, 6) is 0.517. The van der Waals surface area contributed by atoms with Crippen LogP contribution in [0.3, 0.4) is 0 Å². The van der Waals surface area contributed by atoms with Gasteiger partial charge in [-0.15, -0.1) is 0 Å². The molecule has 0 aliphatic carbocycles. The number of carbonyl (C=O) groups is 1. The summed E-state index contributed by atoms with van der Waals surface area (Å²) in [6.45, 7) is 5.82. The Hall–Kier alpha value is -2.49. The molecule has 2 aromatic rings. The van der Waals surface area contributed by atoms with E-state index in [4.69, 9.17) is 10.5 Å². The number of carbonyl (C=O) groups excluding carboxylic acids is 1. The van der Waals surface area contributed by atoms with Crippen LogP contribution in [0, 0.1) is 20.8 Å². The van der Waals surface area contributed by atoms with Crippen molar-refractivity contribution in [2.24, 2.45) is 0 Å². The molecule has 1 amide bonds. The first-order valence-electron chi connectivity index (χ1n) is 6.82. The van der Waals surface area contributed by atoms with Crippen molar-refractivity contribution in [1.82, 2.24) is 0 Å². The van der Waals surface area contributed by atoms with Crippen LogP contribution in [0.15, 0.2) is 36.4 Å². The number of anilines is 2. The summed E-state index contributed by atoms with van der Waals surface area (Å²) in [6.07, 6.45) is 0. The molecule has 2 aromatic carbocycles. The van der Waals surface area contributed by atoms with E-state index in [1.54, 1.807) is 6.07 Å². The minimum atomic E-state index is -0.205. The fourth-order valence-electron chi connectivity index (χ4n) is 2.08. The third kappa shape index (κ3) is 3.75. The zero-order chi connectivity index (χ0) is 15.4. The van der Waals surface area contributed by atoms with E-state index in [1.165, 1.54) is 5.56 Å². The van der Waals surface area contributed by atoms with E-state index in [2.05, 4.69) is 5.32 Å². The van der Waals surface area contributed by atoms with Crippen molar-refractivity contribution in [3.8, 4) is 5.75 Å². The molecule has 21 heavy (non-hydrogen) atoms. The molecule has 4 heteroatoms. The van der Waals surface area contributed by atoms with Crippen LogP contribution < -0.4 is 15.8 Å². The second-order valence-electron chi connectivity index (χ2n) is 5.13. The average molecular weight is 284 g/mol. The SMILES string of the molecule is Cc1ccc(OCC(=O)Nc2cccc(N)c2C)c(C)c1. The van der Waals surface area contributed by atoms with Gasteiger partial charge in [0.25, 0.3) is 5.91 Å². The van der Waals surface area contributed by atoms with E-state index < -0.39 is 0 Å². The summed E-state index contributed by atoms with van der Waals surface area (Å²) in [5.41, 5.74) is 10.2. The molecular formula is C17H20N2O2. The number of nitrogen functional groups attached to an aromatic ring is 1. The number of ether oxygens (including phenoxy) is 1. The van der Waals surface area contributed by atoms with Crippen LogP contribution in [0.5, 0.6) is 5.75 Å². The first kappa shape index (κ1) is 14.9. The van der Waals surface area contributed by atoms with Gasteiger partial charge in [-0.2, -0.15) is 0 Å². The highest BCUT2D eigenvalue weighted by molar-refractivity contribution is 5.93. The van der Waals surface area contributed by atoms with Crippen LogP contribution in [-0.2, 0) is 4.79 Å². The second-order valence-corrected chi connectivity index (χ2v) is 5.13. The van der Waals surface area contributed by atoms with Crippen LogP contribution in [0.25, 0.3) is 0 Å². The molecule has 0 atom stereocenters. The van der Waals surface area contributed by atoms with Crippen molar-refractivity contribution in [2.45, 2.75) is 20.8 Å². The van der Waals surface area contributed by atoms with Gasteiger partial charge < -0.3 is 15.8 Å². The van der Waals surface area contributed by atoms with Crippen molar-refractivity contribution >= 4 is 17.3 Å². The summed E-state index contributed by atoms with van der Waals surface area (Å²) in [4.78, 5) is 12.0. The molecule has 0 radical (unpaired) electrons. The van der Waals surface area contributed by atoms with Crippen LogP contribution in [0.2, 0.25) is 0 Å². The van der Waals surface area contributed by atoms with Crippen LogP contribution in [-0.4, -0.2) is 12.5 Å². The van der Waals surface area contributed by atoms with E-state index in [-0.39, 0.29) is 12.5 Å². The van der Waals surface area contributed by atoms with Crippen molar-refractivity contribution in [2.75, 3.05) is 17.7 Å². The Morgan fingerprint density at radius 1 is 1.19 bits per heavy atom. The highest BCUT2D eigenvalue weighted by Gasteiger charge is 2.08. The third-order valence-corrected chi connectivity index (χ3v) is 3.34. The monoisotopic (exact) mass is 284 g/mol. The Morgan fingerprint density at radius 3 is 2.67 bits per heavy atom. The summed E-state index contributed by atoms with van der Waals surface area (Å²) < 4.78 is 5.55. The van der Waals surface area contributed by atoms with Crippen molar-refractivity contribution in [1.29, 1.82) is 0 Å². The van der Waals surface area contributed by atoms with Crippen LogP contribution in [0.4, 0.5) is 11.4 Å². The lowest BCUT2D eigenvalue weighted by Crippen LogP contribution is -2.21. The van der Waals surface area contributed by atoms with E-state index in [1.807, 2.05) is 51.1 Å². The molecule has 3 N–H and O–H groups in total. The average Bonchev–Trinajstić information content (AvgIpc) is 2.43. The molecule has 2 rings (SSSR count). The van der Waals surface area contributed by atoms with Gasteiger partial charge in [0.1, 0.15) is 5.75 Å². The molecule has 0 bridgehead atoms. The third-order valence-electron chi connectivity index (χ3n) is 3.34. The first-order chi connectivity index (χ1) is 9.97. The van der Waals surface area contributed by atoms with Gasteiger partial charge in [0.05, 0.1) is 0 Å². The number of hydrogen-bond donors (Lipinski definition) is 2. The quantitative estimate of drug-likeness (QED) is 0.847. The van der Waals surface area contributed by atoms with Crippen molar-refractivity contribution in [3.05, 3.63) is 53.1 Å². The topological polar surface area (TPSA) is 64.3 Å². The molecule has 0 unspecified atom stereocenters. The number of aryl methyl sites for hydroxylation is 2. The van der Waals surface area contributed by atoms with Gasteiger partial charge in [0.15, 0.2) is 6.61 Å². The second kappa shape index (κ2) is 6.31. The Kier molecular flexibility index (Phi) is 4.48. The normalized spacial score (nSPS) is 10.2. The molecule has 0 saturated heterocycles. The van der Waals surface area contributed by atoms with Gasteiger partial charge in [0, 0.05) is 11.4 Å². The van der Waals surface area contributed by atoms with E-state index in [0.29, 0.717) is 11.4 Å². The van der Waals surface area contributed by atoms with E-state index >= 15 is 0 Å². The number of nitrogens with two attached hydrogens (primary N) is 1. The zero-order valence-corrected chi connectivity index (χ0v) is 12.6. The molecule has 0 aromatic heterocycles. The van der Waals surface area contributed by atoms with E-state index in [9.17, 15) is 4.79 Å². The van der Waals surface area contributed by atoms with Gasteiger partial charge in [-0.3, -0.25) is 4.79 Å². The summed E-state index contributed by atoms with van der Waals surface area (Å²) in [6, 6.07) is 11.3. The molecule has 0 fully saturated rings. The lowest BCUT2D eigenvalue weighted by atomic mass is 10.1. The molecule has 0 saturated carbocycles. The van der Waals surface area contributed by atoms with Gasteiger partial charge in [-0.1, -0.05) is 23.8 Å². The fourth-order valence-corrected chi connectivity index (χ4v) is 2.08. The zero-order valence-electron chi connectivity index (χ0n) is 12.6. The molecule has 0 spiro atoms. The number of nitrogens with one attached hydrogen (secondary N) is 1. The Morgan fingerprint density at radius 2 is 1.95 bits per heavy atom. The first-order valence-corrected chi connectivity index (χ1v) is 6.82. The highest BCUT2D eigenvalue weighted by Crippen LogP contribution is 2.21. The van der Waals surface area contributed by atoms with Gasteiger partial charge in [-0.25, -0.2) is 0 Å². The van der Waals surface area contributed by atoms with Crippen LogP contribution >= 0.6 is 0 Å². The minimum Gasteiger partial charge on any atom is -0.483 e. The van der Waals surface area contributed by atoms with E-state index in [0.717, 1.165) is 16.9 Å². The van der Waals surface area contributed by atoms with Gasteiger partial charge in [0.2, 0.25) is 0 Å². The maximum atomic E-state index is 12.0. The lowest BCUT2D eigenvalue weighted by molar-refractivity contribution is -0.118. The maximum Gasteiger partial charge on any atom is 0.262 e. The number of benzene rings is 2. The number of amides is 1. The fraction of sp³-hybridized carbons (Fsp3) is 0.235. The molecular weight excluding hydrogens is 264 g/mol. The van der Waals surface area contributed by atoms with Crippen molar-refractivity contribution in [3.63, 3.8) is 0 Å². The largest absolute Gasteiger partial charge is 0.483 e. The van der Waals surface area contributed by atoms with Gasteiger partial charge in [-0.05, 0) is 50.1 Å². The van der Waals surface area contributed by atoms with Crippen molar-refractivity contribution < 1.29 is 9.53 Å². The molecule has 0 heterocycles. The summed E-state index contributed by atoms with van der Waals surface area (Å²) in [5, 5.41) is 2.81. The number of hydrogen-bond acceptors (Lipinski definition) is 3. The van der Waals surface area contributed by atoms with Crippen LogP contribution in [0.1, 0.15) is 16.7 Å². The molecule has 0 aliphatic heterocycles. The minimum absolute atomic E-state index is 0.0296. The lowest BCUT2D eigenvalue weighted by Gasteiger charge is -2.12. The predicted molar refractivity (Wildman–Crippen MR) is 85.6 cm³/mol. The molecule has 4 nitrogen and oxygen atoms in total. The highest BCUT2D eigenvalue weighted by atomic mass is 16.5. The number of rotatable bonds is 4. The Labute approximate surface area is 124 Å². The maximum absolute atomic E-state index is 12.0.